The molecule has 1 aromatic heterocycles. The zero-order chi connectivity index (χ0) is 28.7. The van der Waals surface area contributed by atoms with Crippen molar-refractivity contribution in [3.05, 3.63) is 48.2 Å². The summed E-state index contributed by atoms with van der Waals surface area (Å²) in [6.07, 6.45) is -1.04. The lowest BCUT2D eigenvalue weighted by molar-refractivity contribution is -0.137. The quantitative estimate of drug-likeness (QED) is 0.474. The van der Waals surface area contributed by atoms with Crippen molar-refractivity contribution >= 4 is 27.2 Å². The number of carbonyl (C=O) groups excluding carboxylic acids is 1. The number of hydrazine groups is 1. The van der Waals surface area contributed by atoms with Crippen molar-refractivity contribution in [1.82, 2.24) is 20.7 Å². The number of anilines is 2. The van der Waals surface area contributed by atoms with Crippen LogP contribution in [0.5, 0.6) is 0 Å². The van der Waals surface area contributed by atoms with Crippen LogP contribution in [0.15, 0.2) is 47.5 Å². The Hall–Kier alpha value is -3.41. The molecule has 3 saturated heterocycles. The van der Waals surface area contributed by atoms with Gasteiger partial charge in [-0.25, -0.2) is 23.8 Å². The molecule has 3 unspecified atom stereocenters. The molecule has 3 aliphatic heterocycles. The van der Waals surface area contributed by atoms with Crippen LogP contribution in [0.2, 0.25) is 0 Å². The Morgan fingerprint density at radius 1 is 1.18 bits per heavy atom. The van der Waals surface area contributed by atoms with E-state index >= 15 is 0 Å². The van der Waals surface area contributed by atoms with Gasteiger partial charge in [0, 0.05) is 43.8 Å². The number of hydrogen-bond acceptors (Lipinski definition) is 9. The number of piperidine rings is 2. The number of pyridine rings is 1. The smallest absolute Gasteiger partial charge is 0.368 e. The van der Waals surface area contributed by atoms with Gasteiger partial charge in [0.2, 0.25) is 5.91 Å². The molecule has 3 fully saturated rings. The van der Waals surface area contributed by atoms with Gasteiger partial charge in [0.05, 0.1) is 34.4 Å². The normalized spacial score (nSPS) is 25.1. The van der Waals surface area contributed by atoms with E-state index in [-0.39, 0.29) is 23.3 Å². The average Bonchev–Trinajstić information content (AvgIpc) is 3.29. The molecule has 3 aliphatic rings. The minimum absolute atomic E-state index is 0.116. The first-order chi connectivity index (χ1) is 18.9. The molecule has 0 spiro atoms. The molecular weight excluding hydrogens is 547 g/mol. The zero-order valence-electron chi connectivity index (χ0n) is 21.8. The molecule has 4 heterocycles. The van der Waals surface area contributed by atoms with Crippen LogP contribution in [0.25, 0.3) is 0 Å². The summed E-state index contributed by atoms with van der Waals surface area (Å²) in [4.78, 5) is 19.2. The molecule has 0 radical (unpaired) electrons. The van der Waals surface area contributed by atoms with Crippen molar-refractivity contribution in [2.45, 2.75) is 54.5 Å². The van der Waals surface area contributed by atoms with Crippen LogP contribution in [-0.4, -0.2) is 68.0 Å². The number of amides is 1. The molecule has 1 amide bonds. The molecule has 40 heavy (non-hydrogen) atoms. The lowest BCUT2D eigenvalue weighted by Crippen LogP contribution is -2.62. The highest BCUT2D eigenvalue weighted by Gasteiger charge is 2.55. The predicted molar refractivity (Wildman–Crippen MR) is 140 cm³/mol. The summed E-state index contributed by atoms with van der Waals surface area (Å²) in [5.41, 5.74) is 2.69. The van der Waals surface area contributed by atoms with Crippen molar-refractivity contribution in [2.24, 2.45) is 5.92 Å². The Labute approximate surface area is 230 Å². The van der Waals surface area contributed by atoms with Gasteiger partial charge in [0.25, 0.3) is 0 Å². The van der Waals surface area contributed by atoms with Crippen molar-refractivity contribution in [1.29, 1.82) is 5.26 Å². The molecule has 5 rings (SSSR count). The first kappa shape index (κ1) is 28.1. The number of nitriles is 1. The second kappa shape index (κ2) is 10.5. The highest BCUT2D eigenvalue weighted by molar-refractivity contribution is 7.90. The van der Waals surface area contributed by atoms with Gasteiger partial charge in [-0.05, 0) is 55.7 Å². The van der Waals surface area contributed by atoms with Crippen LogP contribution in [0.1, 0.15) is 31.2 Å². The number of aromatic nitrogens is 1. The lowest BCUT2D eigenvalue weighted by Gasteiger charge is -2.49. The second-order valence-corrected chi connectivity index (χ2v) is 12.6. The fraction of sp³-hybridized carbons (Fsp3) is 0.500. The van der Waals surface area contributed by atoms with Crippen LogP contribution in [0, 0.1) is 17.2 Å². The van der Waals surface area contributed by atoms with Crippen molar-refractivity contribution in [2.75, 3.05) is 36.1 Å². The Morgan fingerprint density at radius 2 is 1.88 bits per heavy atom. The van der Waals surface area contributed by atoms with Crippen LogP contribution >= 0.6 is 0 Å². The van der Waals surface area contributed by atoms with Gasteiger partial charge in [-0.15, -0.1) is 0 Å². The van der Waals surface area contributed by atoms with E-state index < -0.39 is 39.2 Å². The number of sulfone groups is 1. The van der Waals surface area contributed by atoms with E-state index in [1.54, 1.807) is 12.1 Å². The molecule has 0 aliphatic carbocycles. The summed E-state index contributed by atoms with van der Waals surface area (Å²) in [5.74, 6) is -0.136. The molecule has 2 aromatic rings. The molecule has 1 aromatic carbocycles. The van der Waals surface area contributed by atoms with E-state index in [4.69, 9.17) is 0 Å². The van der Waals surface area contributed by atoms with Crippen LogP contribution in [0.3, 0.4) is 0 Å². The van der Waals surface area contributed by atoms with E-state index in [1.807, 2.05) is 4.90 Å². The van der Waals surface area contributed by atoms with Gasteiger partial charge in [0.1, 0.15) is 12.0 Å². The maximum atomic E-state index is 13.0. The SMILES string of the molecule is CS(=O)(=O)c1ccc(NC2NN(C3(CC#N)CCN(c4ccc(C(F)(F)F)cn4)CC3)C3CCNC(=O)C23)cc1. The topological polar surface area (TPSA) is 130 Å². The minimum atomic E-state index is -4.46. The summed E-state index contributed by atoms with van der Waals surface area (Å²) >= 11 is 0. The second-order valence-electron chi connectivity index (χ2n) is 10.5. The summed E-state index contributed by atoms with van der Waals surface area (Å²) in [7, 11) is -3.35. The van der Waals surface area contributed by atoms with E-state index in [9.17, 15) is 31.6 Å². The third-order valence-corrected chi connectivity index (χ3v) is 9.17. The lowest BCUT2D eigenvalue weighted by atomic mass is 9.81. The summed E-state index contributed by atoms with van der Waals surface area (Å²) in [6, 6.07) is 10.8. The van der Waals surface area contributed by atoms with Crippen molar-refractivity contribution < 1.29 is 26.4 Å². The number of halogens is 3. The Balaban J connectivity index is 1.35. The number of alkyl halides is 3. The van der Waals surface area contributed by atoms with Gasteiger partial charge in [-0.2, -0.15) is 18.4 Å². The largest absolute Gasteiger partial charge is 0.417 e. The first-order valence-electron chi connectivity index (χ1n) is 13.0. The van der Waals surface area contributed by atoms with Crippen molar-refractivity contribution in [3.8, 4) is 6.07 Å². The number of carbonyl (C=O) groups is 1. The number of hydrogen-bond donors (Lipinski definition) is 3. The first-order valence-corrected chi connectivity index (χ1v) is 14.9. The Bertz CT molecular complexity index is 1390. The van der Waals surface area contributed by atoms with Gasteiger partial charge in [-0.3, -0.25) is 4.79 Å². The molecule has 3 N–H and O–H groups in total. The molecule has 214 valence electrons. The minimum Gasteiger partial charge on any atom is -0.368 e. The molecular formula is C26H30F3N7O3S. The predicted octanol–water partition coefficient (Wildman–Crippen LogP) is 2.52. The monoisotopic (exact) mass is 577 g/mol. The molecule has 0 saturated carbocycles. The van der Waals surface area contributed by atoms with Crippen LogP contribution in [-0.2, 0) is 20.8 Å². The van der Waals surface area contributed by atoms with E-state index in [2.05, 4.69) is 32.1 Å². The fourth-order valence-electron chi connectivity index (χ4n) is 5.94. The molecule has 10 nitrogen and oxygen atoms in total. The van der Waals surface area contributed by atoms with Gasteiger partial charge in [0.15, 0.2) is 9.84 Å². The van der Waals surface area contributed by atoms with Gasteiger partial charge in [-0.1, -0.05) is 0 Å². The number of benzene rings is 1. The standard InChI is InChI=1S/C26H30F3N7O3S/c1-40(38,39)19-5-3-18(4-6-19)33-23-22-20(8-13-31-24(22)37)36(34-23)25(9-12-30)10-14-35(15-11-25)21-7-2-17(16-32-21)26(27,28)29/h2-7,16,20,22-23,33-34H,8-11,13-15H2,1H3,(H,31,37). The van der Waals surface area contributed by atoms with Crippen LogP contribution < -0.4 is 21.0 Å². The molecule has 0 bridgehead atoms. The Morgan fingerprint density at radius 3 is 2.45 bits per heavy atom. The molecule has 14 heteroatoms. The van der Waals surface area contributed by atoms with Gasteiger partial charge >= 0.3 is 6.18 Å². The van der Waals surface area contributed by atoms with Crippen LogP contribution in [0.4, 0.5) is 24.7 Å². The maximum Gasteiger partial charge on any atom is 0.417 e. The highest BCUT2D eigenvalue weighted by atomic mass is 32.2. The fourth-order valence-corrected chi connectivity index (χ4v) is 6.57. The maximum absolute atomic E-state index is 13.0. The summed E-state index contributed by atoms with van der Waals surface area (Å²) < 4.78 is 62.6. The van der Waals surface area contributed by atoms with Crippen molar-refractivity contribution in [3.63, 3.8) is 0 Å². The average molecular weight is 578 g/mol. The molecule has 3 atom stereocenters. The van der Waals surface area contributed by atoms with E-state index in [1.165, 1.54) is 18.2 Å². The van der Waals surface area contributed by atoms with Gasteiger partial charge < -0.3 is 15.5 Å². The highest BCUT2D eigenvalue weighted by Crippen LogP contribution is 2.41. The number of nitrogens with one attached hydrogen (secondary N) is 3. The zero-order valence-corrected chi connectivity index (χ0v) is 22.6. The van der Waals surface area contributed by atoms with E-state index in [0.717, 1.165) is 18.5 Å². The number of rotatable bonds is 6. The Kier molecular flexibility index (Phi) is 7.41. The third-order valence-electron chi connectivity index (χ3n) is 8.04. The van der Waals surface area contributed by atoms with E-state index in [0.29, 0.717) is 50.4 Å². The number of fused-ring (bicyclic) bond motifs is 1. The third kappa shape index (κ3) is 5.45. The number of nitrogens with zero attached hydrogens (tertiary/aromatic N) is 4. The summed E-state index contributed by atoms with van der Waals surface area (Å²) in [6.45, 7) is 1.46. The summed E-state index contributed by atoms with van der Waals surface area (Å²) in [5, 5.41) is 18.1.